The zero-order valence-corrected chi connectivity index (χ0v) is 30.7. The molecule has 3 fully saturated rings. The fourth-order valence-electron chi connectivity index (χ4n) is 9.34. The van der Waals surface area contributed by atoms with Crippen LogP contribution in [0.15, 0.2) is 54.6 Å². The number of alkyl halides is 2. The maximum Gasteiger partial charge on any atom is 0.586 e. The van der Waals surface area contributed by atoms with Gasteiger partial charge in [-0.3, -0.25) is 4.79 Å². The predicted octanol–water partition coefficient (Wildman–Crippen LogP) is 7.73. The molecule has 6 atom stereocenters. The number of fused-ring (bicyclic) bond motifs is 2. The summed E-state index contributed by atoms with van der Waals surface area (Å²) in [4.78, 5) is 20.3. The number of nitrogens with zero attached hydrogens (tertiary/aromatic N) is 3. The van der Waals surface area contributed by atoms with Gasteiger partial charge in [0.05, 0.1) is 11.4 Å². The third-order valence-electron chi connectivity index (χ3n) is 12.0. The Morgan fingerprint density at radius 1 is 0.788 bits per heavy atom. The summed E-state index contributed by atoms with van der Waals surface area (Å²) < 4.78 is 52.2. The van der Waals surface area contributed by atoms with Crippen molar-refractivity contribution in [3.05, 3.63) is 71.3 Å². The van der Waals surface area contributed by atoms with E-state index >= 15 is 0 Å². The highest BCUT2D eigenvalue weighted by Gasteiger charge is 2.48. The molecule has 5 aliphatic heterocycles. The lowest BCUT2D eigenvalue weighted by molar-refractivity contribution is -0.286. The van der Waals surface area contributed by atoms with Crippen LogP contribution in [0.4, 0.5) is 20.2 Å². The molecule has 9 nitrogen and oxygen atoms in total. The van der Waals surface area contributed by atoms with Crippen LogP contribution in [0.1, 0.15) is 93.6 Å². The fourth-order valence-corrected chi connectivity index (χ4v) is 9.34. The highest BCUT2D eigenvalue weighted by molar-refractivity contribution is 5.94. The van der Waals surface area contributed by atoms with Gasteiger partial charge in [-0.15, -0.1) is 8.78 Å². The first-order valence-electron chi connectivity index (χ1n) is 18.9. The van der Waals surface area contributed by atoms with E-state index in [1.807, 2.05) is 41.3 Å². The average Bonchev–Trinajstić information content (AvgIpc) is 3.94. The molecule has 0 spiro atoms. The number of hydrogen-bond donors (Lipinski definition) is 1. The molecule has 11 heteroatoms. The Kier molecular flexibility index (Phi) is 8.91. The second-order valence-electron chi connectivity index (χ2n) is 16.0. The summed E-state index contributed by atoms with van der Waals surface area (Å²) in [6.45, 7) is 12.8. The fraction of sp³-hybridized carbons (Fsp3) is 0.537. The Labute approximate surface area is 304 Å². The Morgan fingerprint density at radius 2 is 1.44 bits per heavy atom. The smallest absolute Gasteiger partial charge is 0.453 e. The largest absolute Gasteiger partial charge is 0.586 e. The SMILES string of the molecule is CC(C)C1CC(c2cc3c(c(N4CC(c5cc6c(c(N7CCCC7C(C)N)c5)OCO6)CC4C(C)C)c2)OC(F)(F)O3)CN1C(=O)c1ccccc1. The zero-order valence-electron chi connectivity index (χ0n) is 30.7. The van der Waals surface area contributed by atoms with E-state index in [1.54, 1.807) is 6.07 Å². The summed E-state index contributed by atoms with van der Waals surface area (Å²) in [5.41, 5.74) is 10.7. The van der Waals surface area contributed by atoms with Crippen LogP contribution in [-0.2, 0) is 0 Å². The normalized spacial score (nSPS) is 26.7. The highest BCUT2D eigenvalue weighted by atomic mass is 19.3. The number of benzene rings is 3. The van der Waals surface area contributed by atoms with E-state index in [0.29, 0.717) is 24.3 Å². The Bertz CT molecular complexity index is 1820. The molecule has 0 aliphatic carbocycles. The topological polar surface area (TPSA) is 89.7 Å². The molecule has 1 amide bonds. The van der Waals surface area contributed by atoms with Crippen LogP contribution in [0.3, 0.4) is 0 Å². The molecule has 278 valence electrons. The molecule has 0 saturated carbocycles. The van der Waals surface area contributed by atoms with E-state index in [2.05, 4.69) is 56.6 Å². The van der Waals surface area contributed by atoms with Gasteiger partial charge in [0.2, 0.25) is 6.79 Å². The van der Waals surface area contributed by atoms with Gasteiger partial charge in [-0.1, -0.05) is 45.9 Å². The van der Waals surface area contributed by atoms with E-state index < -0.39 is 6.29 Å². The summed E-state index contributed by atoms with van der Waals surface area (Å²) in [7, 11) is 0. The molecule has 3 saturated heterocycles. The van der Waals surface area contributed by atoms with Crippen molar-refractivity contribution in [2.75, 3.05) is 36.2 Å². The number of rotatable bonds is 8. The number of likely N-dealkylation sites (tertiary alicyclic amines) is 1. The van der Waals surface area contributed by atoms with E-state index in [4.69, 9.17) is 24.7 Å². The van der Waals surface area contributed by atoms with Crippen molar-refractivity contribution < 1.29 is 32.5 Å². The standard InChI is InChI=1S/C41H50F2N4O5/c1-23(2)32-16-29(27-14-34(38-36(18-27)49-22-50-38)45-13-9-12-31(45)25(5)44)20-46(32)35-15-28(19-37-39(35)52-41(42,43)51-37)30-17-33(24(3)4)47(21-30)40(48)26-10-7-6-8-11-26/h6-8,10-11,14-15,18-19,23-25,29-33H,9,12-13,16-17,20-22,44H2,1-5H3. The summed E-state index contributed by atoms with van der Waals surface area (Å²) in [6.07, 6.45) is -0.145. The van der Waals surface area contributed by atoms with Crippen LogP contribution in [0.25, 0.3) is 0 Å². The molecular formula is C41H50F2N4O5. The molecule has 0 bridgehead atoms. The molecule has 5 aliphatic rings. The summed E-state index contributed by atoms with van der Waals surface area (Å²) >= 11 is 0. The molecule has 3 aromatic carbocycles. The van der Waals surface area contributed by atoms with E-state index in [-0.39, 0.29) is 72.0 Å². The van der Waals surface area contributed by atoms with Gasteiger partial charge in [0.15, 0.2) is 23.0 Å². The van der Waals surface area contributed by atoms with Crippen molar-refractivity contribution in [1.29, 1.82) is 0 Å². The predicted molar refractivity (Wildman–Crippen MR) is 196 cm³/mol. The lowest BCUT2D eigenvalue weighted by Crippen LogP contribution is -2.42. The number of carbonyl (C=O) groups excluding carboxylic acids is 1. The monoisotopic (exact) mass is 716 g/mol. The Balaban J connectivity index is 1.15. The molecule has 3 aromatic rings. The molecule has 8 rings (SSSR count). The number of carbonyl (C=O) groups is 1. The van der Waals surface area contributed by atoms with E-state index in [9.17, 15) is 13.6 Å². The maximum atomic E-state index is 14.9. The van der Waals surface area contributed by atoms with Gasteiger partial charge in [0.25, 0.3) is 5.91 Å². The van der Waals surface area contributed by atoms with Crippen molar-refractivity contribution in [3.8, 4) is 23.0 Å². The van der Waals surface area contributed by atoms with E-state index in [0.717, 1.165) is 60.5 Å². The number of halogens is 2. The number of hydrogen-bond acceptors (Lipinski definition) is 8. The minimum atomic E-state index is -3.77. The number of amides is 1. The quantitative estimate of drug-likeness (QED) is 0.254. The zero-order chi connectivity index (χ0) is 36.5. The summed E-state index contributed by atoms with van der Waals surface area (Å²) in [5, 5.41) is 0. The minimum absolute atomic E-state index is 0.00488. The van der Waals surface area contributed by atoms with Crippen LogP contribution >= 0.6 is 0 Å². The second-order valence-corrected chi connectivity index (χ2v) is 16.0. The Morgan fingerprint density at radius 3 is 2.13 bits per heavy atom. The Hall–Kier alpha value is -4.25. The third kappa shape index (κ3) is 6.18. The molecular weight excluding hydrogens is 666 g/mol. The van der Waals surface area contributed by atoms with Gasteiger partial charge in [0.1, 0.15) is 0 Å². The van der Waals surface area contributed by atoms with Gasteiger partial charge >= 0.3 is 6.29 Å². The first-order valence-corrected chi connectivity index (χ1v) is 18.9. The maximum absolute atomic E-state index is 14.9. The van der Waals surface area contributed by atoms with Gasteiger partial charge in [-0.2, -0.15) is 0 Å². The van der Waals surface area contributed by atoms with Crippen LogP contribution in [0, 0.1) is 11.8 Å². The summed E-state index contributed by atoms with van der Waals surface area (Å²) in [5.74, 6) is 2.06. The summed E-state index contributed by atoms with van der Waals surface area (Å²) in [6, 6.07) is 17.6. The van der Waals surface area contributed by atoms with Crippen LogP contribution in [0.5, 0.6) is 23.0 Å². The number of ether oxygens (including phenoxy) is 4. The van der Waals surface area contributed by atoms with Crippen LogP contribution < -0.4 is 34.5 Å². The van der Waals surface area contributed by atoms with Crippen molar-refractivity contribution in [2.45, 2.75) is 103 Å². The first kappa shape index (κ1) is 34.8. The van der Waals surface area contributed by atoms with Gasteiger partial charge in [0, 0.05) is 61.2 Å². The number of anilines is 2. The first-order chi connectivity index (χ1) is 24.9. The molecule has 0 aromatic heterocycles. The van der Waals surface area contributed by atoms with Crippen molar-refractivity contribution in [1.82, 2.24) is 4.90 Å². The van der Waals surface area contributed by atoms with Gasteiger partial charge in [-0.25, -0.2) is 0 Å². The highest BCUT2D eigenvalue weighted by Crippen LogP contribution is 2.54. The van der Waals surface area contributed by atoms with Gasteiger partial charge < -0.3 is 39.4 Å². The minimum Gasteiger partial charge on any atom is -0.453 e. The lowest BCUT2D eigenvalue weighted by atomic mass is 9.91. The lowest BCUT2D eigenvalue weighted by Gasteiger charge is -2.31. The molecule has 5 heterocycles. The molecule has 52 heavy (non-hydrogen) atoms. The molecule has 0 radical (unpaired) electrons. The molecule has 2 N–H and O–H groups in total. The van der Waals surface area contributed by atoms with E-state index in [1.165, 1.54) is 0 Å². The van der Waals surface area contributed by atoms with Crippen molar-refractivity contribution in [3.63, 3.8) is 0 Å². The molecule has 6 unspecified atom stereocenters. The third-order valence-corrected chi connectivity index (χ3v) is 12.0. The van der Waals surface area contributed by atoms with Crippen LogP contribution in [0.2, 0.25) is 0 Å². The second kappa shape index (κ2) is 13.3. The van der Waals surface area contributed by atoms with Crippen LogP contribution in [-0.4, -0.2) is 67.7 Å². The van der Waals surface area contributed by atoms with Gasteiger partial charge in [-0.05, 0) is 92.0 Å². The number of nitrogens with two attached hydrogens (primary N) is 1. The van der Waals surface area contributed by atoms with Crippen molar-refractivity contribution >= 4 is 17.3 Å². The average molecular weight is 717 g/mol. The van der Waals surface area contributed by atoms with Crippen molar-refractivity contribution in [2.24, 2.45) is 17.6 Å².